The van der Waals surface area contributed by atoms with Crippen LogP contribution in [0.2, 0.25) is 5.02 Å². The van der Waals surface area contributed by atoms with E-state index in [1.807, 2.05) is 0 Å². The summed E-state index contributed by atoms with van der Waals surface area (Å²) in [6, 6.07) is 11.0. The average molecular weight is 446 g/mol. The first kappa shape index (κ1) is 17.4. The number of carbonyl (C=O) groups is 2. The number of hydrogen-bond acceptors (Lipinski definition) is 3. The van der Waals surface area contributed by atoms with Crippen molar-refractivity contribution in [1.29, 1.82) is 0 Å². The standard InChI is InChI=1S/C15H13ClIN3O3/c1-23-13-7-2-9(8-12(13)17)14(21)19-20-15(22)18-11-5-3-10(16)4-6-11/h2-8H,1H3,(H,19,21)(H2,18,20,22). The van der Waals surface area contributed by atoms with Crippen LogP contribution in [-0.2, 0) is 0 Å². The molecule has 8 heteroatoms. The topological polar surface area (TPSA) is 79.5 Å². The quantitative estimate of drug-likeness (QED) is 0.500. The average Bonchev–Trinajstić information content (AvgIpc) is 2.54. The highest BCUT2D eigenvalue weighted by Crippen LogP contribution is 2.21. The van der Waals surface area contributed by atoms with Gasteiger partial charge in [0.15, 0.2) is 0 Å². The Labute approximate surface area is 151 Å². The predicted molar refractivity (Wildman–Crippen MR) is 96.8 cm³/mol. The maximum atomic E-state index is 12.0. The highest BCUT2D eigenvalue weighted by molar-refractivity contribution is 14.1. The third-order valence-corrected chi connectivity index (χ3v) is 3.90. The number of halogens is 2. The van der Waals surface area contributed by atoms with Gasteiger partial charge in [-0.2, -0.15) is 0 Å². The molecule has 3 amide bonds. The zero-order chi connectivity index (χ0) is 16.8. The minimum atomic E-state index is -0.566. The van der Waals surface area contributed by atoms with Gasteiger partial charge >= 0.3 is 6.03 Å². The molecule has 0 bridgehead atoms. The Bertz CT molecular complexity index is 722. The molecule has 0 aliphatic rings. The molecule has 0 aliphatic carbocycles. The molecule has 2 aromatic rings. The molecule has 2 aromatic carbocycles. The number of hydrogen-bond donors (Lipinski definition) is 3. The van der Waals surface area contributed by atoms with E-state index in [0.717, 1.165) is 3.57 Å². The van der Waals surface area contributed by atoms with Gasteiger partial charge in [-0.3, -0.25) is 10.2 Å². The third kappa shape index (κ3) is 5.00. The summed E-state index contributed by atoms with van der Waals surface area (Å²) in [5.41, 5.74) is 5.56. The largest absolute Gasteiger partial charge is 0.496 e. The number of amides is 3. The van der Waals surface area contributed by atoms with E-state index in [2.05, 4.69) is 38.8 Å². The summed E-state index contributed by atoms with van der Waals surface area (Å²) in [5, 5.41) is 3.13. The van der Waals surface area contributed by atoms with E-state index in [9.17, 15) is 9.59 Å². The second kappa shape index (κ2) is 8.02. The summed E-state index contributed by atoms with van der Waals surface area (Å²) in [6.07, 6.45) is 0. The van der Waals surface area contributed by atoms with Crippen molar-refractivity contribution in [2.24, 2.45) is 0 Å². The molecular formula is C15H13ClIN3O3. The predicted octanol–water partition coefficient (Wildman–Crippen LogP) is 3.42. The summed E-state index contributed by atoms with van der Waals surface area (Å²) < 4.78 is 5.92. The SMILES string of the molecule is COc1ccc(C(=O)NNC(=O)Nc2ccc(Cl)cc2)cc1I. The van der Waals surface area contributed by atoms with Gasteiger partial charge in [-0.05, 0) is 65.1 Å². The second-order valence-electron chi connectivity index (χ2n) is 4.39. The van der Waals surface area contributed by atoms with E-state index in [1.165, 1.54) is 0 Å². The summed E-state index contributed by atoms with van der Waals surface area (Å²) in [6.45, 7) is 0. The Morgan fingerprint density at radius 2 is 1.78 bits per heavy atom. The molecule has 0 fully saturated rings. The molecule has 0 saturated heterocycles. The molecule has 23 heavy (non-hydrogen) atoms. The summed E-state index contributed by atoms with van der Waals surface area (Å²) >= 11 is 7.82. The molecule has 3 N–H and O–H groups in total. The van der Waals surface area contributed by atoms with Crippen molar-refractivity contribution >= 4 is 51.8 Å². The lowest BCUT2D eigenvalue weighted by molar-refractivity contribution is 0.0938. The van der Waals surface area contributed by atoms with Crippen LogP contribution in [0.1, 0.15) is 10.4 Å². The summed E-state index contributed by atoms with van der Waals surface area (Å²) in [5.74, 6) is 0.243. The molecule has 0 aliphatic heterocycles. The first-order chi connectivity index (χ1) is 11.0. The van der Waals surface area contributed by atoms with E-state index in [1.54, 1.807) is 49.6 Å². The van der Waals surface area contributed by atoms with E-state index >= 15 is 0 Å². The van der Waals surface area contributed by atoms with Crippen LogP contribution in [0.15, 0.2) is 42.5 Å². The highest BCUT2D eigenvalue weighted by Gasteiger charge is 2.10. The number of benzene rings is 2. The van der Waals surface area contributed by atoms with Gasteiger partial charge in [-0.15, -0.1) is 0 Å². The van der Waals surface area contributed by atoms with Crippen molar-refractivity contribution < 1.29 is 14.3 Å². The lowest BCUT2D eigenvalue weighted by atomic mass is 10.2. The Kier molecular flexibility index (Phi) is 6.05. The lowest BCUT2D eigenvalue weighted by Crippen LogP contribution is -2.43. The summed E-state index contributed by atoms with van der Waals surface area (Å²) in [7, 11) is 1.56. The van der Waals surface area contributed by atoms with E-state index in [0.29, 0.717) is 22.0 Å². The van der Waals surface area contributed by atoms with Gasteiger partial charge in [0, 0.05) is 16.3 Å². The van der Waals surface area contributed by atoms with Gasteiger partial charge in [0.25, 0.3) is 5.91 Å². The van der Waals surface area contributed by atoms with Crippen molar-refractivity contribution in [3.8, 4) is 5.75 Å². The number of methoxy groups -OCH3 is 1. The van der Waals surface area contributed by atoms with E-state index in [4.69, 9.17) is 16.3 Å². The number of carbonyl (C=O) groups excluding carboxylic acids is 2. The second-order valence-corrected chi connectivity index (χ2v) is 5.99. The Morgan fingerprint density at radius 1 is 1.09 bits per heavy atom. The molecule has 0 radical (unpaired) electrons. The maximum absolute atomic E-state index is 12.0. The Morgan fingerprint density at radius 3 is 2.39 bits per heavy atom. The number of anilines is 1. The van der Waals surface area contributed by atoms with Crippen LogP contribution < -0.4 is 20.9 Å². The molecular weight excluding hydrogens is 433 g/mol. The zero-order valence-corrected chi connectivity index (χ0v) is 14.9. The van der Waals surface area contributed by atoms with Crippen molar-refractivity contribution in [2.75, 3.05) is 12.4 Å². The first-order valence-electron chi connectivity index (χ1n) is 6.46. The van der Waals surface area contributed by atoms with Crippen molar-refractivity contribution in [2.45, 2.75) is 0 Å². The van der Waals surface area contributed by atoms with Crippen LogP contribution in [0.3, 0.4) is 0 Å². The van der Waals surface area contributed by atoms with Crippen LogP contribution in [0.4, 0.5) is 10.5 Å². The van der Waals surface area contributed by atoms with Gasteiger partial charge < -0.3 is 10.1 Å². The molecule has 120 valence electrons. The van der Waals surface area contributed by atoms with Gasteiger partial charge in [0.1, 0.15) is 5.75 Å². The molecule has 0 spiro atoms. The first-order valence-corrected chi connectivity index (χ1v) is 7.91. The molecule has 0 heterocycles. The van der Waals surface area contributed by atoms with Crippen LogP contribution in [0.25, 0.3) is 0 Å². The van der Waals surface area contributed by atoms with Gasteiger partial charge in [0.05, 0.1) is 10.7 Å². The Hall–Kier alpha value is -2.00. The molecule has 0 unspecified atom stereocenters. The monoisotopic (exact) mass is 445 g/mol. The zero-order valence-electron chi connectivity index (χ0n) is 12.0. The number of ether oxygens (including phenoxy) is 1. The van der Waals surface area contributed by atoms with Crippen molar-refractivity contribution in [1.82, 2.24) is 10.9 Å². The van der Waals surface area contributed by atoms with Crippen molar-refractivity contribution in [3.63, 3.8) is 0 Å². The number of nitrogens with one attached hydrogen (secondary N) is 3. The summed E-state index contributed by atoms with van der Waals surface area (Å²) in [4.78, 5) is 23.7. The van der Waals surface area contributed by atoms with Crippen LogP contribution in [0.5, 0.6) is 5.75 Å². The fraction of sp³-hybridized carbons (Fsp3) is 0.0667. The van der Waals surface area contributed by atoms with Crippen LogP contribution in [-0.4, -0.2) is 19.0 Å². The van der Waals surface area contributed by atoms with Gasteiger partial charge in [-0.1, -0.05) is 11.6 Å². The van der Waals surface area contributed by atoms with E-state index in [-0.39, 0.29) is 0 Å². The maximum Gasteiger partial charge on any atom is 0.337 e. The minimum absolute atomic E-state index is 0.405. The Balaban J connectivity index is 1.89. The molecule has 0 atom stereocenters. The minimum Gasteiger partial charge on any atom is -0.496 e. The molecule has 0 saturated carbocycles. The third-order valence-electron chi connectivity index (χ3n) is 2.81. The van der Waals surface area contributed by atoms with Crippen LogP contribution >= 0.6 is 34.2 Å². The number of hydrazine groups is 1. The van der Waals surface area contributed by atoms with Crippen LogP contribution in [0, 0.1) is 3.57 Å². The molecule has 0 aromatic heterocycles. The lowest BCUT2D eigenvalue weighted by Gasteiger charge is -2.10. The highest BCUT2D eigenvalue weighted by atomic mass is 127. The van der Waals surface area contributed by atoms with Crippen molar-refractivity contribution in [3.05, 3.63) is 56.6 Å². The molecule has 2 rings (SSSR count). The van der Waals surface area contributed by atoms with Gasteiger partial charge in [0.2, 0.25) is 0 Å². The number of urea groups is 1. The number of rotatable bonds is 3. The fourth-order valence-corrected chi connectivity index (χ4v) is 2.55. The normalized spacial score (nSPS) is 9.87. The van der Waals surface area contributed by atoms with E-state index < -0.39 is 11.9 Å². The smallest absolute Gasteiger partial charge is 0.337 e. The fourth-order valence-electron chi connectivity index (χ4n) is 1.69. The van der Waals surface area contributed by atoms with Gasteiger partial charge in [-0.25, -0.2) is 10.2 Å². The molecule has 6 nitrogen and oxygen atoms in total.